The minimum Gasteiger partial charge on any atom is -0.258 e. The van der Waals surface area contributed by atoms with Gasteiger partial charge in [0, 0.05) is 11.3 Å². The van der Waals surface area contributed by atoms with Crippen molar-refractivity contribution in [2.45, 2.75) is 101 Å². The van der Waals surface area contributed by atoms with E-state index in [9.17, 15) is 0 Å². The molecule has 2 aromatic rings. The topological polar surface area (TPSA) is 12.4 Å². The molecule has 1 aliphatic rings. The molecule has 34 heavy (non-hydrogen) atoms. The third-order valence-corrected chi connectivity index (χ3v) is 4.99. The van der Waals surface area contributed by atoms with Crippen molar-refractivity contribution in [3.63, 3.8) is 0 Å². The maximum absolute atomic E-state index is 5.28. The molecule has 1 atom stereocenters. The van der Waals surface area contributed by atoms with Gasteiger partial charge in [-0.3, -0.25) is 4.99 Å². The van der Waals surface area contributed by atoms with Gasteiger partial charge in [-0.25, -0.2) is 0 Å². The Bertz CT molecular complexity index is 800. The van der Waals surface area contributed by atoms with Crippen LogP contribution in [-0.4, -0.2) is 5.71 Å². The molecule has 0 radical (unpaired) electrons. The summed E-state index contributed by atoms with van der Waals surface area (Å²) in [4.78, 5) is 4.38. The molecule has 0 amide bonds. The van der Waals surface area contributed by atoms with Crippen molar-refractivity contribution in [2.24, 2.45) is 10.9 Å². The molecule has 0 heterocycles. The van der Waals surface area contributed by atoms with Crippen molar-refractivity contribution >= 4 is 11.4 Å². The van der Waals surface area contributed by atoms with Gasteiger partial charge in [-0.1, -0.05) is 111 Å². The van der Waals surface area contributed by atoms with Crippen molar-refractivity contribution in [1.82, 2.24) is 0 Å². The van der Waals surface area contributed by atoms with Crippen LogP contribution in [0.15, 0.2) is 66.2 Å². The molecule has 1 saturated carbocycles. The minimum absolute atomic E-state index is 0. The summed E-state index contributed by atoms with van der Waals surface area (Å²) in [6.07, 6.45) is 12.8. The van der Waals surface area contributed by atoms with Crippen LogP contribution in [0.2, 0.25) is 0 Å². The Morgan fingerprint density at radius 1 is 1.09 bits per heavy atom. The molecule has 3 rings (SSSR count). The van der Waals surface area contributed by atoms with Gasteiger partial charge in [-0.2, -0.15) is 0 Å². The zero-order valence-electron chi connectivity index (χ0n) is 22.9. The molecule has 1 fully saturated rings. The normalized spacial score (nSPS) is 11.6. The van der Waals surface area contributed by atoms with Crippen molar-refractivity contribution in [2.75, 3.05) is 0 Å². The van der Waals surface area contributed by atoms with Crippen LogP contribution in [0.25, 0.3) is 0 Å². The molecule has 2 aromatic carbocycles. The summed E-state index contributed by atoms with van der Waals surface area (Å²) in [7, 11) is 0. The zero-order valence-corrected chi connectivity index (χ0v) is 22.9. The van der Waals surface area contributed by atoms with E-state index in [4.69, 9.17) is 6.42 Å². The standard InChI is InChI=1S/C12H13N.C11H14.C5H10.2C2H6.CH4/c1-5-11-6-7-12(10(4)8-11)13-9(2)3;1-3-7-10(2)11-8-5-4-6-9-11;1-5-3-2-4-5;2*1-2;/h1,6-8H,2-4H3;3-6,8-10H,1,7H2,2H3;5H,2-4H2,1H3;2*1-2H3;1H4. The third-order valence-electron chi connectivity index (χ3n) is 4.99. The van der Waals surface area contributed by atoms with Crippen LogP contribution >= 0.6 is 0 Å². The second-order valence-corrected chi connectivity index (χ2v) is 8.08. The van der Waals surface area contributed by atoms with E-state index in [0.717, 1.165) is 34.9 Å². The summed E-state index contributed by atoms with van der Waals surface area (Å²) in [5.41, 5.74) is 5.48. The quantitative estimate of drug-likeness (QED) is 0.243. The van der Waals surface area contributed by atoms with Crippen molar-refractivity contribution in [3.05, 3.63) is 77.9 Å². The molecule has 1 heteroatoms. The van der Waals surface area contributed by atoms with Gasteiger partial charge in [0.2, 0.25) is 0 Å². The fourth-order valence-corrected chi connectivity index (χ4v) is 2.89. The van der Waals surface area contributed by atoms with Crippen LogP contribution in [0, 0.1) is 25.2 Å². The number of benzene rings is 2. The van der Waals surface area contributed by atoms with Crippen LogP contribution in [0.1, 0.15) is 111 Å². The van der Waals surface area contributed by atoms with Crippen LogP contribution in [0.5, 0.6) is 0 Å². The monoisotopic (exact) mass is 463 g/mol. The van der Waals surface area contributed by atoms with Crippen molar-refractivity contribution in [3.8, 4) is 12.3 Å². The molecular weight excluding hydrogens is 410 g/mol. The van der Waals surface area contributed by atoms with E-state index in [1.165, 1.54) is 24.8 Å². The Labute approximate surface area is 213 Å². The predicted molar refractivity (Wildman–Crippen MR) is 160 cm³/mol. The second-order valence-electron chi connectivity index (χ2n) is 8.08. The van der Waals surface area contributed by atoms with E-state index in [0.29, 0.717) is 5.92 Å². The lowest BCUT2D eigenvalue weighted by molar-refractivity contribution is 0.346. The molecular formula is C33H53N. The Morgan fingerprint density at radius 3 is 1.97 bits per heavy atom. The van der Waals surface area contributed by atoms with E-state index in [1.807, 2.05) is 78.8 Å². The lowest BCUT2D eigenvalue weighted by Crippen LogP contribution is -2.04. The number of hydrogen-bond donors (Lipinski definition) is 0. The van der Waals surface area contributed by atoms with E-state index in [1.54, 1.807) is 0 Å². The lowest BCUT2D eigenvalue weighted by Gasteiger charge is -2.18. The number of aryl methyl sites for hydroxylation is 1. The maximum Gasteiger partial charge on any atom is 0.0658 e. The van der Waals surface area contributed by atoms with Gasteiger partial charge in [0.25, 0.3) is 0 Å². The molecule has 0 spiro atoms. The molecule has 1 aliphatic carbocycles. The molecule has 190 valence electrons. The Hall–Kier alpha value is -2.59. The lowest BCUT2D eigenvalue weighted by atomic mass is 9.88. The Balaban J connectivity index is -0.000000413. The van der Waals surface area contributed by atoms with Crippen LogP contribution in [0.3, 0.4) is 0 Å². The summed E-state index contributed by atoms with van der Waals surface area (Å²) in [5, 5.41) is 0. The van der Waals surface area contributed by atoms with Crippen LogP contribution in [-0.2, 0) is 0 Å². The van der Waals surface area contributed by atoms with Crippen molar-refractivity contribution in [1.29, 1.82) is 0 Å². The smallest absolute Gasteiger partial charge is 0.0658 e. The minimum atomic E-state index is 0. The molecule has 0 aliphatic heterocycles. The SMILES string of the molecule is C.C#Cc1ccc(N=C(C)C)c(C)c1.C=CCC(C)c1ccccc1.CC.CC.CC1CCC1. The predicted octanol–water partition coefficient (Wildman–Crippen LogP) is 10.9. The summed E-state index contributed by atoms with van der Waals surface area (Å²) < 4.78 is 0. The molecule has 0 saturated heterocycles. The maximum atomic E-state index is 5.28. The zero-order chi connectivity index (χ0) is 25.6. The third kappa shape index (κ3) is 17.0. The summed E-state index contributed by atoms with van der Waals surface area (Å²) in [5.74, 6) is 4.27. The van der Waals surface area contributed by atoms with Crippen LogP contribution < -0.4 is 0 Å². The molecule has 1 unspecified atom stereocenters. The highest BCUT2D eigenvalue weighted by Crippen LogP contribution is 2.24. The van der Waals surface area contributed by atoms with Gasteiger partial charge in [-0.15, -0.1) is 13.0 Å². The fraction of sp³-hybridized carbons (Fsp3) is 0.485. The first kappa shape index (κ1) is 36.0. The first-order chi connectivity index (χ1) is 15.9. The Morgan fingerprint density at radius 2 is 1.62 bits per heavy atom. The van der Waals surface area contributed by atoms with Crippen LogP contribution in [0.4, 0.5) is 5.69 Å². The van der Waals surface area contributed by atoms with E-state index in [-0.39, 0.29) is 7.43 Å². The summed E-state index contributed by atoms with van der Waals surface area (Å²) >= 11 is 0. The average Bonchev–Trinajstić information content (AvgIpc) is 2.83. The number of nitrogens with zero attached hydrogens (tertiary/aromatic N) is 1. The molecule has 1 nitrogen and oxygen atoms in total. The summed E-state index contributed by atoms with van der Waals surface area (Å²) in [6, 6.07) is 16.4. The molecule has 0 aromatic heterocycles. The van der Waals surface area contributed by atoms with E-state index < -0.39 is 0 Å². The van der Waals surface area contributed by atoms with Gasteiger partial charge in [0.15, 0.2) is 0 Å². The van der Waals surface area contributed by atoms with Gasteiger partial charge >= 0.3 is 0 Å². The first-order valence-electron chi connectivity index (χ1n) is 12.6. The van der Waals surface area contributed by atoms with Gasteiger partial charge in [0.05, 0.1) is 5.69 Å². The summed E-state index contributed by atoms with van der Waals surface area (Å²) in [6.45, 7) is 22.2. The highest BCUT2D eigenvalue weighted by molar-refractivity contribution is 5.82. The first-order valence-corrected chi connectivity index (χ1v) is 12.6. The highest BCUT2D eigenvalue weighted by Gasteiger charge is 2.09. The Kier molecular flexibility index (Phi) is 24.9. The number of terminal acetylenes is 1. The highest BCUT2D eigenvalue weighted by atomic mass is 14.7. The average molecular weight is 464 g/mol. The van der Waals surface area contributed by atoms with Gasteiger partial charge in [-0.05, 0) is 68.4 Å². The number of aliphatic imine (C=N–C) groups is 1. The fourth-order valence-electron chi connectivity index (χ4n) is 2.89. The van der Waals surface area contributed by atoms with Gasteiger partial charge < -0.3 is 0 Å². The van der Waals surface area contributed by atoms with E-state index in [2.05, 4.69) is 55.6 Å². The molecule has 0 N–H and O–H groups in total. The van der Waals surface area contributed by atoms with E-state index >= 15 is 0 Å². The van der Waals surface area contributed by atoms with Gasteiger partial charge in [0.1, 0.15) is 0 Å². The number of hydrogen-bond acceptors (Lipinski definition) is 1. The largest absolute Gasteiger partial charge is 0.258 e. The number of allylic oxidation sites excluding steroid dienone is 1. The van der Waals surface area contributed by atoms with Crippen molar-refractivity contribution < 1.29 is 0 Å². The second kappa shape index (κ2) is 23.6. The molecule has 0 bridgehead atoms. The number of rotatable bonds is 4.